The van der Waals surface area contributed by atoms with Crippen molar-refractivity contribution in [2.24, 2.45) is 0 Å². The van der Waals surface area contributed by atoms with E-state index in [0.29, 0.717) is 17.1 Å². The van der Waals surface area contributed by atoms with E-state index in [1.807, 2.05) is 19.0 Å². The SMILES string of the molecule is COc1ccc(OC)c(S(=O)(=O)Cc2ccc(N(C)C)nc2)c1. The molecule has 7 heteroatoms. The fourth-order valence-electron chi connectivity index (χ4n) is 2.09. The van der Waals surface area contributed by atoms with E-state index in [-0.39, 0.29) is 10.6 Å². The highest BCUT2D eigenvalue weighted by Crippen LogP contribution is 2.30. The molecule has 0 saturated heterocycles. The van der Waals surface area contributed by atoms with Crippen LogP contribution in [0.4, 0.5) is 5.82 Å². The number of pyridine rings is 1. The Morgan fingerprint density at radius 2 is 1.83 bits per heavy atom. The third-order valence-corrected chi connectivity index (χ3v) is 5.03. The van der Waals surface area contributed by atoms with Crippen LogP contribution in [0.3, 0.4) is 0 Å². The molecule has 23 heavy (non-hydrogen) atoms. The molecule has 2 rings (SSSR count). The van der Waals surface area contributed by atoms with Gasteiger partial charge in [0.25, 0.3) is 0 Å². The van der Waals surface area contributed by atoms with Crippen molar-refractivity contribution in [1.29, 1.82) is 0 Å². The van der Waals surface area contributed by atoms with Crippen molar-refractivity contribution in [3.8, 4) is 11.5 Å². The summed E-state index contributed by atoms with van der Waals surface area (Å²) in [5.41, 5.74) is 0.612. The quantitative estimate of drug-likeness (QED) is 0.805. The van der Waals surface area contributed by atoms with E-state index in [1.165, 1.54) is 20.3 Å². The highest BCUT2D eigenvalue weighted by Gasteiger charge is 2.21. The minimum atomic E-state index is -3.58. The zero-order chi connectivity index (χ0) is 17.0. The molecule has 0 fully saturated rings. The average Bonchev–Trinajstić information content (AvgIpc) is 2.54. The van der Waals surface area contributed by atoms with Crippen molar-refractivity contribution >= 4 is 15.7 Å². The molecule has 0 aliphatic rings. The van der Waals surface area contributed by atoms with Gasteiger partial charge in [-0.1, -0.05) is 6.07 Å². The monoisotopic (exact) mass is 336 g/mol. The van der Waals surface area contributed by atoms with Gasteiger partial charge in [-0.05, 0) is 23.8 Å². The second kappa shape index (κ2) is 6.87. The van der Waals surface area contributed by atoms with Gasteiger partial charge >= 0.3 is 0 Å². The lowest BCUT2D eigenvalue weighted by molar-refractivity contribution is 0.392. The molecular formula is C16H20N2O4S. The smallest absolute Gasteiger partial charge is 0.186 e. The molecule has 0 spiro atoms. The summed E-state index contributed by atoms with van der Waals surface area (Å²) >= 11 is 0. The maximum atomic E-state index is 12.7. The van der Waals surface area contributed by atoms with Crippen LogP contribution in [0, 0.1) is 0 Å². The van der Waals surface area contributed by atoms with Crippen LogP contribution in [0.25, 0.3) is 0 Å². The predicted octanol–water partition coefficient (Wildman–Crippen LogP) is 2.14. The van der Waals surface area contributed by atoms with E-state index < -0.39 is 9.84 Å². The Labute approximate surface area is 136 Å². The number of sulfone groups is 1. The van der Waals surface area contributed by atoms with Crippen LogP contribution in [0.1, 0.15) is 5.56 Å². The summed E-state index contributed by atoms with van der Waals surface area (Å²) in [4.78, 5) is 6.20. The fourth-order valence-corrected chi connectivity index (χ4v) is 3.61. The number of ether oxygens (including phenoxy) is 2. The van der Waals surface area contributed by atoms with Gasteiger partial charge < -0.3 is 14.4 Å². The van der Waals surface area contributed by atoms with Crippen molar-refractivity contribution in [1.82, 2.24) is 4.98 Å². The summed E-state index contributed by atoms with van der Waals surface area (Å²) in [6.45, 7) is 0. The molecule has 1 aromatic carbocycles. The van der Waals surface area contributed by atoms with Crippen LogP contribution in [0.15, 0.2) is 41.4 Å². The van der Waals surface area contributed by atoms with E-state index >= 15 is 0 Å². The highest BCUT2D eigenvalue weighted by atomic mass is 32.2. The molecule has 2 aromatic rings. The summed E-state index contributed by atoms with van der Waals surface area (Å²) in [5.74, 6) is 1.37. The van der Waals surface area contributed by atoms with Gasteiger partial charge in [-0.2, -0.15) is 0 Å². The molecule has 0 saturated carbocycles. The Balaban J connectivity index is 2.35. The van der Waals surface area contributed by atoms with Gasteiger partial charge in [-0.3, -0.25) is 0 Å². The molecule has 1 aromatic heterocycles. The Kier molecular flexibility index (Phi) is 5.10. The lowest BCUT2D eigenvalue weighted by atomic mass is 10.3. The van der Waals surface area contributed by atoms with Gasteiger partial charge in [0, 0.05) is 26.4 Å². The average molecular weight is 336 g/mol. The Morgan fingerprint density at radius 3 is 2.35 bits per heavy atom. The molecule has 0 unspecified atom stereocenters. The van der Waals surface area contributed by atoms with E-state index in [9.17, 15) is 8.42 Å². The maximum absolute atomic E-state index is 12.7. The van der Waals surface area contributed by atoms with Crippen LogP contribution in [0.5, 0.6) is 11.5 Å². The van der Waals surface area contributed by atoms with Crippen molar-refractivity contribution in [3.63, 3.8) is 0 Å². The van der Waals surface area contributed by atoms with Gasteiger partial charge in [0.2, 0.25) is 0 Å². The molecule has 124 valence electrons. The highest BCUT2D eigenvalue weighted by molar-refractivity contribution is 7.90. The maximum Gasteiger partial charge on any atom is 0.186 e. The van der Waals surface area contributed by atoms with Gasteiger partial charge in [0.15, 0.2) is 9.84 Å². The first-order valence-corrected chi connectivity index (χ1v) is 8.59. The minimum absolute atomic E-state index is 0.107. The topological polar surface area (TPSA) is 68.7 Å². The minimum Gasteiger partial charge on any atom is -0.497 e. The molecule has 0 N–H and O–H groups in total. The number of rotatable bonds is 6. The molecule has 0 bridgehead atoms. The molecule has 0 amide bonds. The first-order chi connectivity index (χ1) is 10.9. The van der Waals surface area contributed by atoms with Crippen molar-refractivity contribution < 1.29 is 17.9 Å². The summed E-state index contributed by atoms with van der Waals surface area (Å²) in [7, 11) is 3.10. The number of nitrogens with zero attached hydrogens (tertiary/aromatic N) is 2. The number of aromatic nitrogens is 1. The molecule has 6 nitrogen and oxygen atoms in total. The van der Waals surface area contributed by atoms with E-state index in [4.69, 9.17) is 9.47 Å². The second-order valence-electron chi connectivity index (χ2n) is 5.19. The van der Waals surface area contributed by atoms with Crippen molar-refractivity contribution in [3.05, 3.63) is 42.1 Å². The zero-order valence-electron chi connectivity index (χ0n) is 13.6. The molecule has 1 heterocycles. The first-order valence-electron chi connectivity index (χ1n) is 6.94. The number of anilines is 1. The predicted molar refractivity (Wildman–Crippen MR) is 89.0 cm³/mol. The molecular weight excluding hydrogens is 316 g/mol. The summed E-state index contributed by atoms with van der Waals surface area (Å²) < 4.78 is 35.7. The van der Waals surface area contributed by atoms with Crippen LogP contribution in [-0.2, 0) is 15.6 Å². The van der Waals surface area contributed by atoms with Gasteiger partial charge in [0.1, 0.15) is 22.2 Å². The molecule has 0 aliphatic carbocycles. The van der Waals surface area contributed by atoms with Crippen LogP contribution in [-0.4, -0.2) is 41.7 Å². The van der Waals surface area contributed by atoms with E-state index in [2.05, 4.69) is 4.98 Å². The van der Waals surface area contributed by atoms with Crippen molar-refractivity contribution in [2.45, 2.75) is 10.6 Å². The fraction of sp³-hybridized carbons (Fsp3) is 0.312. The first kappa shape index (κ1) is 17.1. The van der Waals surface area contributed by atoms with E-state index in [0.717, 1.165) is 5.82 Å². The molecule has 0 atom stereocenters. The largest absolute Gasteiger partial charge is 0.497 e. The Morgan fingerprint density at radius 1 is 1.09 bits per heavy atom. The van der Waals surface area contributed by atoms with Gasteiger partial charge in [-0.15, -0.1) is 0 Å². The summed E-state index contributed by atoms with van der Waals surface area (Å²) in [6, 6.07) is 8.25. The molecule has 0 radical (unpaired) electrons. The van der Waals surface area contributed by atoms with Crippen LogP contribution < -0.4 is 14.4 Å². The number of methoxy groups -OCH3 is 2. The third kappa shape index (κ3) is 3.92. The number of benzene rings is 1. The Hall–Kier alpha value is -2.28. The number of hydrogen-bond donors (Lipinski definition) is 0. The lowest BCUT2D eigenvalue weighted by Crippen LogP contribution is -2.11. The van der Waals surface area contributed by atoms with Gasteiger partial charge in [-0.25, -0.2) is 13.4 Å². The zero-order valence-corrected chi connectivity index (χ0v) is 14.4. The van der Waals surface area contributed by atoms with E-state index in [1.54, 1.807) is 30.5 Å². The van der Waals surface area contributed by atoms with Gasteiger partial charge in [0.05, 0.1) is 20.0 Å². The standard InChI is InChI=1S/C16H20N2O4S/c1-18(2)16-8-5-12(10-17-16)11-23(19,20)15-9-13(21-3)6-7-14(15)22-4/h5-10H,11H2,1-4H3. The Bertz CT molecular complexity index is 771. The normalized spacial score (nSPS) is 11.1. The van der Waals surface area contributed by atoms with Crippen LogP contribution in [0.2, 0.25) is 0 Å². The summed E-state index contributed by atoms with van der Waals surface area (Å²) in [5, 5.41) is 0. The lowest BCUT2D eigenvalue weighted by Gasteiger charge is -2.13. The van der Waals surface area contributed by atoms with Crippen molar-refractivity contribution in [2.75, 3.05) is 33.2 Å². The number of hydrogen-bond acceptors (Lipinski definition) is 6. The van der Waals surface area contributed by atoms with Crippen LogP contribution >= 0.6 is 0 Å². The summed E-state index contributed by atoms with van der Waals surface area (Å²) in [6.07, 6.45) is 1.57. The second-order valence-corrected chi connectivity index (χ2v) is 7.15. The third-order valence-electron chi connectivity index (χ3n) is 3.33. The molecule has 0 aliphatic heterocycles.